The quantitative estimate of drug-likeness (QED) is 0.727. The van der Waals surface area contributed by atoms with E-state index >= 15 is 0 Å². The molecular weight excluding hydrogens is 272 g/mol. The molecule has 0 fully saturated rings. The second kappa shape index (κ2) is 6.17. The van der Waals surface area contributed by atoms with Crippen molar-refractivity contribution in [2.45, 2.75) is 13.0 Å². The van der Waals surface area contributed by atoms with Gasteiger partial charge < -0.3 is 20.9 Å². The molecule has 0 saturated heterocycles. The van der Waals surface area contributed by atoms with Crippen molar-refractivity contribution in [3.8, 4) is 17.0 Å². The Morgan fingerprint density at radius 2 is 2.29 bits per heavy atom. The van der Waals surface area contributed by atoms with Crippen molar-refractivity contribution in [2.24, 2.45) is 7.05 Å². The van der Waals surface area contributed by atoms with Gasteiger partial charge in [0.05, 0.1) is 11.7 Å². The number of carbonyl (C=O) groups is 1. The van der Waals surface area contributed by atoms with Gasteiger partial charge in [-0.1, -0.05) is 0 Å². The highest BCUT2D eigenvalue weighted by Crippen LogP contribution is 2.31. The van der Waals surface area contributed by atoms with E-state index in [-0.39, 0.29) is 12.6 Å². The van der Waals surface area contributed by atoms with Gasteiger partial charge in [-0.05, 0) is 31.2 Å². The normalized spacial score (nSPS) is 11.9. The van der Waals surface area contributed by atoms with Crippen molar-refractivity contribution in [3.63, 3.8) is 0 Å². The summed E-state index contributed by atoms with van der Waals surface area (Å²) >= 11 is 0. The third-order valence-corrected chi connectivity index (χ3v) is 2.96. The Labute approximate surface area is 122 Å². The minimum atomic E-state index is -1.07. The van der Waals surface area contributed by atoms with E-state index < -0.39 is 6.09 Å². The summed E-state index contributed by atoms with van der Waals surface area (Å²) in [4.78, 5) is 10.6. The average molecular weight is 290 g/mol. The number of nitrogens with one attached hydrogen (secondary N) is 1. The predicted octanol–water partition coefficient (Wildman–Crippen LogP) is 1.70. The van der Waals surface area contributed by atoms with Crippen molar-refractivity contribution >= 4 is 11.8 Å². The average Bonchev–Trinajstić information content (AvgIpc) is 2.82. The molecule has 0 unspecified atom stereocenters. The third-order valence-electron chi connectivity index (χ3n) is 2.96. The van der Waals surface area contributed by atoms with Crippen LogP contribution in [-0.2, 0) is 7.05 Å². The fourth-order valence-corrected chi connectivity index (χ4v) is 1.98. The van der Waals surface area contributed by atoms with Crippen LogP contribution in [0.5, 0.6) is 5.75 Å². The standard InChI is InChI=1S/C14H18N4O3/c1-9(17-14(19)20)8-21-13-4-3-10(15)7-11(13)12-5-6-16-18(12)2/h3-7,9,17H,8,15H2,1-2H3,(H,19,20)/t9-/m0/s1. The van der Waals surface area contributed by atoms with Gasteiger partial charge in [0.15, 0.2) is 0 Å². The Morgan fingerprint density at radius 1 is 1.52 bits per heavy atom. The molecule has 7 nitrogen and oxygen atoms in total. The molecule has 2 aromatic rings. The summed E-state index contributed by atoms with van der Waals surface area (Å²) in [6, 6.07) is 6.86. The fraction of sp³-hybridized carbons (Fsp3) is 0.286. The second-order valence-corrected chi connectivity index (χ2v) is 4.76. The molecule has 1 heterocycles. The maximum Gasteiger partial charge on any atom is 0.404 e. The molecular formula is C14H18N4O3. The van der Waals surface area contributed by atoms with Crippen LogP contribution in [0.2, 0.25) is 0 Å². The molecule has 21 heavy (non-hydrogen) atoms. The number of carboxylic acid groups (broad SMARTS) is 1. The maximum absolute atomic E-state index is 10.6. The molecule has 0 bridgehead atoms. The number of anilines is 1. The van der Waals surface area contributed by atoms with E-state index in [1.165, 1.54) is 0 Å². The summed E-state index contributed by atoms with van der Waals surface area (Å²) < 4.78 is 7.43. The Bertz CT molecular complexity index is 639. The molecule has 112 valence electrons. The molecule has 4 N–H and O–H groups in total. The molecule has 0 spiro atoms. The lowest BCUT2D eigenvalue weighted by Crippen LogP contribution is -2.35. The minimum Gasteiger partial charge on any atom is -0.491 e. The Balaban J connectivity index is 2.20. The molecule has 1 aromatic carbocycles. The van der Waals surface area contributed by atoms with E-state index in [1.807, 2.05) is 19.2 Å². The van der Waals surface area contributed by atoms with Crippen molar-refractivity contribution in [1.29, 1.82) is 0 Å². The zero-order valence-corrected chi connectivity index (χ0v) is 11.9. The SMILES string of the molecule is C[C@@H](COc1ccc(N)cc1-c1ccnn1C)NC(=O)O. The van der Waals surface area contributed by atoms with Crippen LogP contribution in [0.3, 0.4) is 0 Å². The van der Waals surface area contributed by atoms with Gasteiger partial charge in [-0.2, -0.15) is 5.10 Å². The number of aryl methyl sites for hydroxylation is 1. The van der Waals surface area contributed by atoms with E-state index in [4.69, 9.17) is 15.6 Å². The lowest BCUT2D eigenvalue weighted by atomic mass is 10.1. The first-order chi connectivity index (χ1) is 9.97. The lowest BCUT2D eigenvalue weighted by molar-refractivity contribution is 0.183. The number of hydrogen-bond donors (Lipinski definition) is 3. The Hall–Kier alpha value is -2.70. The van der Waals surface area contributed by atoms with Crippen LogP contribution in [0, 0.1) is 0 Å². The van der Waals surface area contributed by atoms with Gasteiger partial charge in [0.25, 0.3) is 0 Å². The number of nitrogen functional groups attached to an aromatic ring is 1. The van der Waals surface area contributed by atoms with Crippen LogP contribution < -0.4 is 15.8 Å². The number of nitrogens with zero attached hydrogens (tertiary/aromatic N) is 2. The molecule has 0 aliphatic heterocycles. The smallest absolute Gasteiger partial charge is 0.404 e. The lowest BCUT2D eigenvalue weighted by Gasteiger charge is -2.16. The van der Waals surface area contributed by atoms with Gasteiger partial charge in [0.2, 0.25) is 0 Å². The van der Waals surface area contributed by atoms with Crippen molar-refractivity contribution in [2.75, 3.05) is 12.3 Å². The predicted molar refractivity (Wildman–Crippen MR) is 79.2 cm³/mol. The number of aromatic nitrogens is 2. The van der Waals surface area contributed by atoms with Gasteiger partial charge in [0, 0.05) is 24.5 Å². The number of amides is 1. The van der Waals surface area contributed by atoms with Crippen molar-refractivity contribution in [1.82, 2.24) is 15.1 Å². The first-order valence-corrected chi connectivity index (χ1v) is 6.47. The van der Waals surface area contributed by atoms with Gasteiger partial charge in [0.1, 0.15) is 12.4 Å². The van der Waals surface area contributed by atoms with Crippen LogP contribution in [0.15, 0.2) is 30.5 Å². The molecule has 2 rings (SSSR count). The van der Waals surface area contributed by atoms with Gasteiger partial charge in [-0.25, -0.2) is 4.79 Å². The van der Waals surface area contributed by atoms with Gasteiger partial charge >= 0.3 is 6.09 Å². The van der Waals surface area contributed by atoms with Crippen LogP contribution >= 0.6 is 0 Å². The third kappa shape index (κ3) is 3.65. The highest BCUT2D eigenvalue weighted by Gasteiger charge is 2.12. The van der Waals surface area contributed by atoms with E-state index in [9.17, 15) is 4.79 Å². The van der Waals surface area contributed by atoms with Crippen LogP contribution in [-0.4, -0.2) is 33.6 Å². The number of benzene rings is 1. The number of ether oxygens (including phenoxy) is 1. The summed E-state index contributed by atoms with van der Waals surface area (Å²) in [6.07, 6.45) is 0.618. The van der Waals surface area contributed by atoms with E-state index in [0.29, 0.717) is 11.4 Å². The second-order valence-electron chi connectivity index (χ2n) is 4.76. The fourth-order valence-electron chi connectivity index (χ4n) is 1.98. The Morgan fingerprint density at radius 3 is 2.90 bits per heavy atom. The molecule has 0 aliphatic rings. The van der Waals surface area contributed by atoms with Crippen LogP contribution in [0.4, 0.5) is 10.5 Å². The zero-order chi connectivity index (χ0) is 15.4. The molecule has 0 saturated carbocycles. The summed E-state index contributed by atoms with van der Waals surface area (Å²) in [7, 11) is 1.83. The molecule has 1 aromatic heterocycles. The summed E-state index contributed by atoms with van der Waals surface area (Å²) in [5, 5.41) is 15.1. The Kier molecular flexibility index (Phi) is 4.32. The van der Waals surface area contributed by atoms with Crippen LogP contribution in [0.1, 0.15) is 6.92 Å². The first kappa shape index (κ1) is 14.7. The largest absolute Gasteiger partial charge is 0.491 e. The monoisotopic (exact) mass is 290 g/mol. The summed E-state index contributed by atoms with van der Waals surface area (Å²) in [5.74, 6) is 0.631. The van der Waals surface area contributed by atoms with Crippen LogP contribution in [0.25, 0.3) is 11.3 Å². The molecule has 0 radical (unpaired) electrons. The highest BCUT2D eigenvalue weighted by atomic mass is 16.5. The zero-order valence-electron chi connectivity index (χ0n) is 11.9. The minimum absolute atomic E-state index is 0.223. The topological polar surface area (TPSA) is 102 Å². The maximum atomic E-state index is 10.6. The van der Waals surface area contributed by atoms with E-state index in [1.54, 1.807) is 29.9 Å². The van der Waals surface area contributed by atoms with Crippen molar-refractivity contribution in [3.05, 3.63) is 30.5 Å². The van der Waals surface area contributed by atoms with Gasteiger partial charge in [-0.3, -0.25) is 4.68 Å². The van der Waals surface area contributed by atoms with E-state index in [2.05, 4.69) is 10.4 Å². The number of nitrogens with two attached hydrogens (primary N) is 1. The number of rotatable bonds is 5. The van der Waals surface area contributed by atoms with Crippen molar-refractivity contribution < 1.29 is 14.6 Å². The summed E-state index contributed by atoms with van der Waals surface area (Å²) in [5.41, 5.74) is 8.14. The first-order valence-electron chi connectivity index (χ1n) is 6.47. The number of hydrogen-bond acceptors (Lipinski definition) is 4. The van der Waals surface area contributed by atoms with Gasteiger partial charge in [-0.15, -0.1) is 0 Å². The molecule has 1 atom stereocenters. The molecule has 1 amide bonds. The summed E-state index contributed by atoms with van der Waals surface area (Å²) in [6.45, 7) is 1.95. The molecule has 0 aliphatic carbocycles. The highest BCUT2D eigenvalue weighted by molar-refractivity contribution is 5.71. The molecule has 7 heteroatoms. The van der Waals surface area contributed by atoms with E-state index in [0.717, 1.165) is 11.3 Å².